The van der Waals surface area contributed by atoms with Crippen LogP contribution in [0.15, 0.2) is 24.3 Å². The monoisotopic (exact) mass is 236 g/mol. The number of hydrogen-bond donors (Lipinski definition) is 0. The molecule has 6 heteroatoms. The predicted octanol–water partition coefficient (Wildman–Crippen LogP) is 2.89. The minimum absolute atomic E-state index is 0.713. The van der Waals surface area contributed by atoms with E-state index in [0.717, 1.165) is 19.2 Å². The molecule has 0 aliphatic carbocycles. The van der Waals surface area contributed by atoms with E-state index in [1.807, 2.05) is 0 Å². The highest BCUT2D eigenvalue weighted by Crippen LogP contribution is 2.35. The van der Waals surface area contributed by atoms with Crippen molar-refractivity contribution >= 4 is 5.97 Å². The molecule has 0 N–H and O–H groups in total. The third-order valence-corrected chi connectivity index (χ3v) is 1.95. The van der Waals surface area contributed by atoms with Crippen molar-refractivity contribution < 1.29 is 27.1 Å². The summed E-state index contributed by atoms with van der Waals surface area (Å²) in [6.07, 6.45) is -7.13. The van der Waals surface area contributed by atoms with Gasteiger partial charge in [0.15, 0.2) is 0 Å². The Morgan fingerprint density at radius 3 is 2.38 bits per heavy atom. The molecule has 0 saturated heterocycles. The zero-order valence-electron chi connectivity index (χ0n) is 8.22. The largest absolute Gasteiger partial charge is 0.467 e. The molecule has 0 spiro atoms. The summed E-state index contributed by atoms with van der Waals surface area (Å²) in [6, 6.07) is 3.96. The first-order chi connectivity index (χ1) is 7.38. The molecule has 0 aliphatic heterocycles. The van der Waals surface area contributed by atoms with Gasteiger partial charge in [0.1, 0.15) is 0 Å². The maximum Gasteiger partial charge on any atom is 0.416 e. The van der Waals surface area contributed by atoms with Crippen molar-refractivity contribution in [1.82, 2.24) is 0 Å². The first-order valence-corrected chi connectivity index (χ1v) is 4.26. The first kappa shape index (κ1) is 12.5. The number of methoxy groups -OCH3 is 1. The molecule has 0 bridgehead atoms. The average molecular weight is 236 g/mol. The second-order valence-electron chi connectivity index (χ2n) is 2.97. The average Bonchev–Trinajstić information content (AvgIpc) is 2.26. The normalized spacial score (nSPS) is 13.3. The van der Waals surface area contributed by atoms with Gasteiger partial charge in [0.05, 0.1) is 12.7 Å². The van der Waals surface area contributed by atoms with Crippen LogP contribution in [-0.2, 0) is 15.7 Å². The summed E-state index contributed by atoms with van der Waals surface area (Å²) in [4.78, 5) is 10.8. The number of rotatable bonds is 2. The second-order valence-corrected chi connectivity index (χ2v) is 2.97. The van der Waals surface area contributed by atoms with Crippen molar-refractivity contribution in [2.24, 2.45) is 0 Å². The molecule has 0 radical (unpaired) electrons. The van der Waals surface area contributed by atoms with Crippen LogP contribution >= 0.6 is 0 Å². The third-order valence-electron chi connectivity index (χ3n) is 1.95. The van der Waals surface area contributed by atoms with Gasteiger partial charge in [-0.1, -0.05) is 18.2 Å². The zero-order chi connectivity index (χ0) is 12.3. The lowest BCUT2D eigenvalue weighted by Gasteiger charge is -2.14. The van der Waals surface area contributed by atoms with E-state index in [1.165, 1.54) is 6.07 Å². The van der Waals surface area contributed by atoms with Gasteiger partial charge in [-0.2, -0.15) is 13.2 Å². The number of alkyl halides is 4. The van der Waals surface area contributed by atoms with E-state index in [0.29, 0.717) is 6.07 Å². The molecule has 0 aromatic heterocycles. The Hall–Kier alpha value is -1.59. The van der Waals surface area contributed by atoms with Crippen LogP contribution in [0.4, 0.5) is 17.6 Å². The van der Waals surface area contributed by atoms with Crippen molar-refractivity contribution in [2.75, 3.05) is 7.11 Å². The summed E-state index contributed by atoms with van der Waals surface area (Å²) in [5.74, 6) is -1.35. The number of carbonyl (C=O) groups excluding carboxylic acids is 1. The zero-order valence-corrected chi connectivity index (χ0v) is 8.22. The lowest BCUT2D eigenvalue weighted by molar-refractivity contribution is -0.148. The van der Waals surface area contributed by atoms with Gasteiger partial charge >= 0.3 is 12.1 Å². The van der Waals surface area contributed by atoms with Gasteiger partial charge in [0.25, 0.3) is 0 Å². The van der Waals surface area contributed by atoms with E-state index in [4.69, 9.17) is 0 Å². The molecular weight excluding hydrogens is 228 g/mol. The van der Waals surface area contributed by atoms with Gasteiger partial charge in [0.2, 0.25) is 6.17 Å². The van der Waals surface area contributed by atoms with Gasteiger partial charge in [0, 0.05) is 5.56 Å². The Bertz CT molecular complexity index is 387. The summed E-state index contributed by atoms with van der Waals surface area (Å²) >= 11 is 0. The predicted molar refractivity (Wildman–Crippen MR) is 47.3 cm³/mol. The Labute approximate surface area is 88.8 Å². The summed E-state index contributed by atoms with van der Waals surface area (Å²) in [5.41, 5.74) is -1.91. The molecule has 1 unspecified atom stereocenters. The summed E-state index contributed by atoms with van der Waals surface area (Å²) in [7, 11) is 0.908. The Morgan fingerprint density at radius 1 is 1.31 bits per heavy atom. The summed E-state index contributed by atoms with van der Waals surface area (Å²) in [6.45, 7) is 0. The van der Waals surface area contributed by atoms with Crippen LogP contribution in [0.1, 0.15) is 17.3 Å². The molecule has 1 atom stereocenters. The maximum absolute atomic E-state index is 13.3. The topological polar surface area (TPSA) is 26.3 Å². The molecule has 0 saturated carbocycles. The van der Waals surface area contributed by atoms with Crippen LogP contribution in [0, 0.1) is 0 Å². The number of benzene rings is 1. The van der Waals surface area contributed by atoms with Crippen LogP contribution in [0.25, 0.3) is 0 Å². The number of ether oxygens (including phenoxy) is 1. The Kier molecular flexibility index (Phi) is 3.51. The number of carbonyl (C=O) groups is 1. The van der Waals surface area contributed by atoms with Crippen LogP contribution in [-0.4, -0.2) is 13.1 Å². The van der Waals surface area contributed by atoms with Gasteiger partial charge in [-0.15, -0.1) is 0 Å². The molecule has 2 nitrogen and oxygen atoms in total. The van der Waals surface area contributed by atoms with E-state index < -0.39 is 29.4 Å². The van der Waals surface area contributed by atoms with Crippen molar-refractivity contribution in [2.45, 2.75) is 12.3 Å². The minimum Gasteiger partial charge on any atom is -0.467 e. The van der Waals surface area contributed by atoms with E-state index in [2.05, 4.69) is 4.74 Å². The molecule has 1 rings (SSSR count). The van der Waals surface area contributed by atoms with E-state index in [-0.39, 0.29) is 0 Å². The molecule has 0 fully saturated rings. The first-order valence-electron chi connectivity index (χ1n) is 4.26. The molecular formula is C10H8F4O2. The highest BCUT2D eigenvalue weighted by molar-refractivity contribution is 5.76. The van der Waals surface area contributed by atoms with Gasteiger partial charge in [-0.25, -0.2) is 9.18 Å². The Morgan fingerprint density at radius 2 is 1.88 bits per heavy atom. The van der Waals surface area contributed by atoms with Crippen LogP contribution < -0.4 is 0 Å². The highest BCUT2D eigenvalue weighted by Gasteiger charge is 2.37. The standard InChI is InChI=1S/C10H8F4O2/c1-16-9(15)8(11)6-4-2-3-5-7(6)10(12,13)14/h2-5,8H,1H3. The molecule has 1 aromatic carbocycles. The van der Waals surface area contributed by atoms with Crippen molar-refractivity contribution in [3.05, 3.63) is 35.4 Å². The summed E-state index contributed by atoms with van der Waals surface area (Å²) < 4.78 is 54.8. The fraction of sp³-hybridized carbons (Fsp3) is 0.300. The van der Waals surface area contributed by atoms with Crippen molar-refractivity contribution in [1.29, 1.82) is 0 Å². The van der Waals surface area contributed by atoms with Gasteiger partial charge in [-0.3, -0.25) is 0 Å². The smallest absolute Gasteiger partial charge is 0.416 e. The fourth-order valence-electron chi connectivity index (χ4n) is 1.21. The molecule has 1 aromatic rings. The third kappa shape index (κ3) is 2.50. The van der Waals surface area contributed by atoms with Crippen molar-refractivity contribution in [3.63, 3.8) is 0 Å². The van der Waals surface area contributed by atoms with E-state index >= 15 is 0 Å². The fourth-order valence-corrected chi connectivity index (χ4v) is 1.21. The molecule has 16 heavy (non-hydrogen) atoms. The molecule has 0 aliphatic rings. The second kappa shape index (κ2) is 4.51. The summed E-state index contributed by atoms with van der Waals surface area (Å²) in [5, 5.41) is 0. The SMILES string of the molecule is COC(=O)C(F)c1ccccc1C(F)(F)F. The highest BCUT2D eigenvalue weighted by atomic mass is 19.4. The van der Waals surface area contributed by atoms with Crippen LogP contribution in [0.3, 0.4) is 0 Å². The molecule has 88 valence electrons. The van der Waals surface area contributed by atoms with Gasteiger partial charge < -0.3 is 4.74 Å². The molecule has 0 heterocycles. The Balaban J connectivity index is 3.19. The lowest BCUT2D eigenvalue weighted by atomic mass is 10.0. The van der Waals surface area contributed by atoms with E-state index in [1.54, 1.807) is 0 Å². The number of halogens is 4. The van der Waals surface area contributed by atoms with Gasteiger partial charge in [-0.05, 0) is 6.07 Å². The van der Waals surface area contributed by atoms with E-state index in [9.17, 15) is 22.4 Å². The minimum atomic E-state index is -4.70. The number of hydrogen-bond acceptors (Lipinski definition) is 2. The lowest BCUT2D eigenvalue weighted by Crippen LogP contribution is -2.16. The number of esters is 1. The van der Waals surface area contributed by atoms with Crippen molar-refractivity contribution in [3.8, 4) is 0 Å². The van der Waals surface area contributed by atoms with Crippen LogP contribution in [0.5, 0.6) is 0 Å². The van der Waals surface area contributed by atoms with Crippen LogP contribution in [0.2, 0.25) is 0 Å². The maximum atomic E-state index is 13.3. The quantitative estimate of drug-likeness (QED) is 0.583. The molecule has 0 amide bonds.